The predicted molar refractivity (Wildman–Crippen MR) is 88.6 cm³/mol. The van der Waals surface area contributed by atoms with Crippen molar-refractivity contribution in [3.05, 3.63) is 59.6 Å². The Morgan fingerprint density at radius 1 is 1.14 bits per heavy atom. The third-order valence-electron chi connectivity index (χ3n) is 3.13. The van der Waals surface area contributed by atoms with Gasteiger partial charge in [-0.15, -0.1) is 0 Å². The average molecular weight is 320 g/mol. The van der Waals surface area contributed by atoms with Crippen LogP contribution in [-0.4, -0.2) is 32.7 Å². The number of hydrogen-bond acceptors (Lipinski definition) is 2. The van der Waals surface area contributed by atoms with Crippen molar-refractivity contribution in [2.24, 2.45) is 0 Å². The van der Waals surface area contributed by atoms with Gasteiger partial charge >= 0.3 is 0 Å². The van der Waals surface area contributed by atoms with Crippen molar-refractivity contribution >= 4 is 23.2 Å². The monoisotopic (exact) mass is 319 g/mol. The van der Waals surface area contributed by atoms with E-state index in [0.29, 0.717) is 18.2 Å². The van der Waals surface area contributed by atoms with Gasteiger partial charge in [0.25, 0.3) is 5.91 Å². The van der Waals surface area contributed by atoms with Crippen LogP contribution in [0.2, 0.25) is 5.02 Å². The van der Waals surface area contributed by atoms with Crippen LogP contribution in [0, 0.1) is 0 Å². The molecular weight excluding hydrogens is 300 g/mol. The molecule has 0 saturated carbocycles. The number of benzene rings is 2. The normalized spacial score (nSPS) is 11.7. The standard InChI is InChI=1S/C17H19ClN2O2/c1-20(11-12-22-16-9-7-14(18)8-10-16)13-17(21)19-15-5-3-2-4-6-15/h2-10H,11-13H2,1H3,(H,19,21)/p+1. The summed E-state index contributed by atoms with van der Waals surface area (Å²) in [6, 6.07) is 16.7. The highest BCUT2D eigenvalue weighted by Crippen LogP contribution is 2.14. The summed E-state index contributed by atoms with van der Waals surface area (Å²) in [5.41, 5.74) is 0.817. The molecule has 22 heavy (non-hydrogen) atoms. The molecule has 0 radical (unpaired) electrons. The third kappa shape index (κ3) is 5.76. The molecule has 0 bridgehead atoms. The van der Waals surface area contributed by atoms with Crippen molar-refractivity contribution in [1.29, 1.82) is 0 Å². The van der Waals surface area contributed by atoms with Gasteiger partial charge in [0.1, 0.15) is 18.9 Å². The van der Waals surface area contributed by atoms with Crippen molar-refractivity contribution in [3.63, 3.8) is 0 Å². The Balaban J connectivity index is 1.68. The van der Waals surface area contributed by atoms with E-state index in [1.807, 2.05) is 49.5 Å². The minimum absolute atomic E-state index is 0.00445. The number of nitrogens with one attached hydrogen (secondary N) is 2. The summed E-state index contributed by atoms with van der Waals surface area (Å²) in [7, 11) is 1.97. The lowest BCUT2D eigenvalue weighted by atomic mass is 10.3. The molecule has 0 aromatic heterocycles. The van der Waals surface area contributed by atoms with E-state index in [4.69, 9.17) is 16.3 Å². The van der Waals surface area contributed by atoms with E-state index in [-0.39, 0.29) is 5.91 Å². The second-order valence-corrected chi connectivity index (χ2v) is 5.54. The van der Waals surface area contributed by atoms with E-state index in [9.17, 15) is 4.79 Å². The number of ether oxygens (including phenoxy) is 1. The first-order chi connectivity index (χ1) is 10.6. The summed E-state index contributed by atoms with van der Waals surface area (Å²) < 4.78 is 5.62. The number of likely N-dealkylation sites (N-methyl/N-ethyl adjacent to an activating group) is 1. The number of amides is 1. The highest BCUT2D eigenvalue weighted by molar-refractivity contribution is 6.30. The zero-order valence-corrected chi connectivity index (χ0v) is 13.3. The second-order valence-electron chi connectivity index (χ2n) is 5.10. The van der Waals surface area contributed by atoms with Gasteiger partial charge in [-0.2, -0.15) is 0 Å². The minimum atomic E-state index is -0.00445. The van der Waals surface area contributed by atoms with Gasteiger partial charge in [-0.05, 0) is 36.4 Å². The van der Waals surface area contributed by atoms with Crippen LogP contribution >= 0.6 is 11.6 Å². The van der Waals surface area contributed by atoms with Crippen molar-refractivity contribution in [2.75, 3.05) is 32.1 Å². The molecule has 0 saturated heterocycles. The van der Waals surface area contributed by atoms with Crippen LogP contribution in [0.1, 0.15) is 0 Å². The smallest absolute Gasteiger partial charge is 0.279 e. The fourth-order valence-electron chi connectivity index (χ4n) is 1.96. The second kappa shape index (κ2) is 8.41. The number of rotatable bonds is 7. The number of halogens is 1. The molecule has 0 aliphatic heterocycles. The number of anilines is 1. The van der Waals surface area contributed by atoms with Crippen LogP contribution < -0.4 is 15.0 Å². The molecule has 2 aromatic carbocycles. The van der Waals surface area contributed by atoms with E-state index in [2.05, 4.69) is 5.32 Å². The lowest BCUT2D eigenvalue weighted by Gasteiger charge is -2.14. The van der Waals surface area contributed by atoms with Crippen LogP contribution in [0.4, 0.5) is 5.69 Å². The van der Waals surface area contributed by atoms with Crippen LogP contribution in [-0.2, 0) is 4.79 Å². The largest absolute Gasteiger partial charge is 0.488 e. The molecule has 2 N–H and O–H groups in total. The maximum Gasteiger partial charge on any atom is 0.279 e. The van der Waals surface area contributed by atoms with E-state index >= 15 is 0 Å². The Bertz CT molecular complexity index is 587. The summed E-state index contributed by atoms with van der Waals surface area (Å²) >= 11 is 5.82. The molecule has 116 valence electrons. The third-order valence-corrected chi connectivity index (χ3v) is 3.38. The lowest BCUT2D eigenvalue weighted by Crippen LogP contribution is -3.10. The van der Waals surface area contributed by atoms with E-state index < -0.39 is 0 Å². The molecule has 0 aliphatic carbocycles. The summed E-state index contributed by atoms with van der Waals surface area (Å²) in [6.45, 7) is 1.69. The highest BCUT2D eigenvalue weighted by atomic mass is 35.5. The lowest BCUT2D eigenvalue weighted by molar-refractivity contribution is -0.871. The molecule has 2 rings (SSSR count). The van der Waals surface area contributed by atoms with Crippen LogP contribution in [0.25, 0.3) is 0 Å². The van der Waals surface area contributed by atoms with Crippen LogP contribution in [0.3, 0.4) is 0 Å². The van der Waals surface area contributed by atoms with E-state index in [0.717, 1.165) is 22.9 Å². The molecule has 1 amide bonds. The zero-order valence-electron chi connectivity index (χ0n) is 12.5. The van der Waals surface area contributed by atoms with Crippen molar-refractivity contribution < 1.29 is 14.4 Å². The zero-order chi connectivity index (χ0) is 15.8. The first-order valence-electron chi connectivity index (χ1n) is 7.18. The van der Waals surface area contributed by atoms with Gasteiger partial charge in [-0.3, -0.25) is 4.79 Å². The topological polar surface area (TPSA) is 42.8 Å². The van der Waals surface area contributed by atoms with Gasteiger partial charge in [0.05, 0.1) is 7.05 Å². The predicted octanol–water partition coefficient (Wildman–Crippen LogP) is 1.87. The quantitative estimate of drug-likeness (QED) is 0.818. The summed E-state index contributed by atoms with van der Waals surface area (Å²) in [5.74, 6) is 0.779. The highest BCUT2D eigenvalue weighted by Gasteiger charge is 2.10. The Hall–Kier alpha value is -2.04. The first-order valence-corrected chi connectivity index (χ1v) is 7.56. The Morgan fingerprint density at radius 2 is 1.82 bits per heavy atom. The van der Waals surface area contributed by atoms with Crippen molar-refractivity contribution in [2.45, 2.75) is 0 Å². The average Bonchev–Trinajstić information content (AvgIpc) is 2.50. The number of quaternary nitrogens is 1. The van der Waals surface area contributed by atoms with Crippen LogP contribution in [0.15, 0.2) is 54.6 Å². The Labute approximate surface area is 135 Å². The van der Waals surface area contributed by atoms with Gasteiger partial charge in [0, 0.05) is 10.7 Å². The number of para-hydroxylation sites is 1. The minimum Gasteiger partial charge on any atom is -0.488 e. The molecule has 5 heteroatoms. The number of carbonyl (C=O) groups excluding carboxylic acids is 1. The van der Waals surface area contributed by atoms with E-state index in [1.165, 1.54) is 0 Å². The van der Waals surface area contributed by atoms with Gasteiger partial charge in [0.2, 0.25) is 0 Å². The molecule has 0 spiro atoms. The fraction of sp³-hybridized carbons (Fsp3) is 0.235. The molecule has 2 aromatic rings. The summed E-state index contributed by atoms with van der Waals surface area (Å²) in [6.07, 6.45) is 0. The molecule has 4 nitrogen and oxygen atoms in total. The molecule has 1 unspecified atom stereocenters. The maximum atomic E-state index is 11.9. The first kappa shape index (κ1) is 16.3. The Kier molecular flexibility index (Phi) is 6.25. The summed E-state index contributed by atoms with van der Waals surface area (Å²) in [5, 5.41) is 3.56. The number of carbonyl (C=O) groups is 1. The molecule has 0 aliphatic rings. The van der Waals surface area contributed by atoms with Gasteiger partial charge < -0.3 is 15.0 Å². The Morgan fingerprint density at radius 3 is 2.50 bits per heavy atom. The molecular formula is C17H20ClN2O2+. The van der Waals surface area contributed by atoms with E-state index in [1.54, 1.807) is 12.1 Å². The molecule has 1 atom stereocenters. The molecule has 0 heterocycles. The number of hydrogen-bond donors (Lipinski definition) is 2. The fourth-order valence-corrected chi connectivity index (χ4v) is 2.09. The van der Waals surface area contributed by atoms with Crippen molar-refractivity contribution in [1.82, 2.24) is 0 Å². The van der Waals surface area contributed by atoms with Crippen LogP contribution in [0.5, 0.6) is 5.75 Å². The summed E-state index contributed by atoms with van der Waals surface area (Å²) in [4.78, 5) is 13.0. The van der Waals surface area contributed by atoms with Gasteiger partial charge in [-0.25, -0.2) is 0 Å². The SMILES string of the molecule is C[NH+](CCOc1ccc(Cl)cc1)CC(=O)Nc1ccccc1. The van der Waals surface area contributed by atoms with Gasteiger partial charge in [-0.1, -0.05) is 29.8 Å². The van der Waals surface area contributed by atoms with Gasteiger partial charge in [0.15, 0.2) is 6.54 Å². The molecule has 0 fully saturated rings. The van der Waals surface area contributed by atoms with Crippen molar-refractivity contribution in [3.8, 4) is 5.75 Å². The maximum absolute atomic E-state index is 11.9.